The highest BCUT2D eigenvalue weighted by atomic mass is 15.2. The SMILES string of the molecule is CCCN(C1CC1)C(CN)c1cncn1CC. The van der Waals surface area contributed by atoms with E-state index in [0.29, 0.717) is 12.6 Å². The predicted octanol–water partition coefficient (Wildman–Crippen LogP) is 1.78. The zero-order valence-corrected chi connectivity index (χ0v) is 11.0. The van der Waals surface area contributed by atoms with E-state index in [0.717, 1.165) is 19.1 Å². The third kappa shape index (κ3) is 2.69. The van der Waals surface area contributed by atoms with Gasteiger partial charge in [0.15, 0.2) is 0 Å². The first-order valence-electron chi connectivity index (χ1n) is 6.77. The van der Waals surface area contributed by atoms with Crippen molar-refractivity contribution in [2.24, 2.45) is 5.73 Å². The highest BCUT2D eigenvalue weighted by Crippen LogP contribution is 2.34. The van der Waals surface area contributed by atoms with E-state index in [9.17, 15) is 0 Å². The molecule has 1 saturated carbocycles. The van der Waals surface area contributed by atoms with Crippen molar-refractivity contribution in [3.63, 3.8) is 0 Å². The van der Waals surface area contributed by atoms with Crippen LogP contribution in [0.2, 0.25) is 0 Å². The number of hydrogen-bond acceptors (Lipinski definition) is 3. The number of nitrogens with two attached hydrogens (primary N) is 1. The van der Waals surface area contributed by atoms with Crippen molar-refractivity contribution in [1.82, 2.24) is 14.5 Å². The second kappa shape index (κ2) is 5.65. The molecule has 4 nitrogen and oxygen atoms in total. The second-order valence-electron chi connectivity index (χ2n) is 4.83. The van der Waals surface area contributed by atoms with Crippen LogP contribution in [0, 0.1) is 0 Å². The van der Waals surface area contributed by atoms with Gasteiger partial charge in [0.1, 0.15) is 0 Å². The molecule has 1 aliphatic rings. The molecule has 1 aromatic heterocycles. The molecular weight excluding hydrogens is 212 g/mol. The second-order valence-corrected chi connectivity index (χ2v) is 4.83. The Kier molecular flexibility index (Phi) is 4.18. The van der Waals surface area contributed by atoms with Gasteiger partial charge in [-0.2, -0.15) is 0 Å². The molecule has 4 heteroatoms. The van der Waals surface area contributed by atoms with E-state index in [1.807, 2.05) is 12.5 Å². The van der Waals surface area contributed by atoms with Gasteiger partial charge in [0, 0.05) is 25.3 Å². The molecule has 0 aliphatic heterocycles. The Labute approximate surface area is 104 Å². The number of aryl methyl sites for hydroxylation is 1. The Hall–Kier alpha value is -0.870. The van der Waals surface area contributed by atoms with Gasteiger partial charge >= 0.3 is 0 Å². The van der Waals surface area contributed by atoms with E-state index < -0.39 is 0 Å². The summed E-state index contributed by atoms with van der Waals surface area (Å²) in [6.07, 6.45) is 7.74. The lowest BCUT2D eigenvalue weighted by molar-refractivity contribution is 0.184. The first-order chi connectivity index (χ1) is 8.31. The van der Waals surface area contributed by atoms with E-state index >= 15 is 0 Å². The molecule has 0 spiro atoms. The molecular formula is C13H24N4. The summed E-state index contributed by atoms with van der Waals surface area (Å²) < 4.78 is 2.21. The highest BCUT2D eigenvalue weighted by Gasteiger charge is 2.34. The maximum Gasteiger partial charge on any atom is 0.0948 e. The summed E-state index contributed by atoms with van der Waals surface area (Å²) in [5.74, 6) is 0. The summed E-state index contributed by atoms with van der Waals surface area (Å²) in [5.41, 5.74) is 7.28. The first kappa shape index (κ1) is 12.6. The van der Waals surface area contributed by atoms with Crippen LogP contribution in [0.15, 0.2) is 12.5 Å². The molecule has 0 amide bonds. The van der Waals surface area contributed by atoms with Crippen LogP contribution in [0.4, 0.5) is 0 Å². The topological polar surface area (TPSA) is 47.1 Å². The Bertz CT molecular complexity index is 343. The van der Waals surface area contributed by atoms with Crippen molar-refractivity contribution in [2.75, 3.05) is 13.1 Å². The van der Waals surface area contributed by atoms with E-state index in [-0.39, 0.29) is 0 Å². The summed E-state index contributed by atoms with van der Waals surface area (Å²) >= 11 is 0. The quantitative estimate of drug-likeness (QED) is 0.785. The van der Waals surface area contributed by atoms with Gasteiger partial charge in [0.2, 0.25) is 0 Å². The molecule has 0 radical (unpaired) electrons. The lowest BCUT2D eigenvalue weighted by Crippen LogP contribution is -2.37. The summed E-state index contributed by atoms with van der Waals surface area (Å²) in [5, 5.41) is 0. The molecule has 1 atom stereocenters. The first-order valence-corrected chi connectivity index (χ1v) is 6.77. The number of hydrogen-bond donors (Lipinski definition) is 1. The summed E-state index contributed by atoms with van der Waals surface area (Å²) in [6, 6.07) is 1.09. The van der Waals surface area contributed by atoms with Crippen LogP contribution in [-0.2, 0) is 6.54 Å². The number of imidazole rings is 1. The van der Waals surface area contributed by atoms with Crippen LogP contribution in [0.1, 0.15) is 44.8 Å². The van der Waals surface area contributed by atoms with Crippen LogP contribution in [0.5, 0.6) is 0 Å². The predicted molar refractivity (Wildman–Crippen MR) is 69.7 cm³/mol. The van der Waals surface area contributed by atoms with E-state index in [1.54, 1.807) is 0 Å². The monoisotopic (exact) mass is 236 g/mol. The molecule has 2 rings (SSSR count). The summed E-state index contributed by atoms with van der Waals surface area (Å²) in [6.45, 7) is 7.18. The van der Waals surface area contributed by atoms with Crippen LogP contribution in [-0.4, -0.2) is 33.6 Å². The molecule has 1 heterocycles. The van der Waals surface area contributed by atoms with Gasteiger partial charge in [-0.15, -0.1) is 0 Å². The average molecular weight is 236 g/mol. The largest absolute Gasteiger partial charge is 0.333 e. The maximum atomic E-state index is 6.00. The third-order valence-corrected chi connectivity index (χ3v) is 3.55. The van der Waals surface area contributed by atoms with Gasteiger partial charge in [-0.25, -0.2) is 4.98 Å². The molecule has 2 N–H and O–H groups in total. The van der Waals surface area contributed by atoms with Gasteiger partial charge in [0.05, 0.1) is 18.1 Å². The molecule has 0 aromatic carbocycles. The van der Waals surface area contributed by atoms with E-state index in [2.05, 4.69) is 28.3 Å². The maximum absolute atomic E-state index is 6.00. The van der Waals surface area contributed by atoms with Crippen molar-refractivity contribution in [3.8, 4) is 0 Å². The minimum absolute atomic E-state index is 0.338. The van der Waals surface area contributed by atoms with E-state index in [4.69, 9.17) is 5.73 Å². The fourth-order valence-corrected chi connectivity index (χ4v) is 2.56. The molecule has 17 heavy (non-hydrogen) atoms. The Balaban J connectivity index is 2.18. The molecule has 1 aliphatic carbocycles. The Morgan fingerprint density at radius 2 is 2.29 bits per heavy atom. The number of aromatic nitrogens is 2. The minimum Gasteiger partial charge on any atom is -0.333 e. The normalized spacial score (nSPS) is 17.6. The number of rotatable bonds is 7. The molecule has 1 aromatic rings. The van der Waals surface area contributed by atoms with Crippen molar-refractivity contribution >= 4 is 0 Å². The lowest BCUT2D eigenvalue weighted by atomic mass is 10.1. The lowest BCUT2D eigenvalue weighted by Gasteiger charge is -2.31. The fraction of sp³-hybridized carbons (Fsp3) is 0.769. The summed E-state index contributed by atoms with van der Waals surface area (Å²) in [4.78, 5) is 6.84. The fourth-order valence-electron chi connectivity index (χ4n) is 2.56. The van der Waals surface area contributed by atoms with Crippen LogP contribution in [0.25, 0.3) is 0 Å². The standard InChI is InChI=1S/C13H24N4/c1-3-7-17(11-5-6-11)12(8-14)13-9-15-10-16(13)4-2/h9-12H,3-8,14H2,1-2H3. The molecule has 1 fully saturated rings. The van der Waals surface area contributed by atoms with Crippen molar-refractivity contribution < 1.29 is 0 Å². The van der Waals surface area contributed by atoms with Gasteiger partial charge in [-0.1, -0.05) is 6.92 Å². The zero-order chi connectivity index (χ0) is 12.3. The van der Waals surface area contributed by atoms with Gasteiger partial charge < -0.3 is 10.3 Å². The molecule has 1 unspecified atom stereocenters. The molecule has 0 bridgehead atoms. The Morgan fingerprint density at radius 1 is 1.53 bits per heavy atom. The van der Waals surface area contributed by atoms with Gasteiger partial charge in [-0.3, -0.25) is 4.90 Å². The van der Waals surface area contributed by atoms with Crippen molar-refractivity contribution in [1.29, 1.82) is 0 Å². The highest BCUT2D eigenvalue weighted by molar-refractivity contribution is 5.08. The minimum atomic E-state index is 0.338. The molecule has 96 valence electrons. The zero-order valence-electron chi connectivity index (χ0n) is 11.0. The molecule has 0 saturated heterocycles. The van der Waals surface area contributed by atoms with Crippen molar-refractivity contribution in [2.45, 2.75) is 51.7 Å². The van der Waals surface area contributed by atoms with E-state index in [1.165, 1.54) is 25.0 Å². The average Bonchev–Trinajstić information content (AvgIpc) is 3.08. The van der Waals surface area contributed by atoms with Crippen LogP contribution in [0.3, 0.4) is 0 Å². The summed E-state index contributed by atoms with van der Waals surface area (Å²) in [7, 11) is 0. The van der Waals surface area contributed by atoms with Crippen LogP contribution < -0.4 is 5.73 Å². The third-order valence-electron chi connectivity index (χ3n) is 3.55. The Morgan fingerprint density at radius 3 is 2.82 bits per heavy atom. The van der Waals surface area contributed by atoms with Gasteiger partial charge in [0.25, 0.3) is 0 Å². The number of nitrogens with zero attached hydrogens (tertiary/aromatic N) is 3. The van der Waals surface area contributed by atoms with Crippen molar-refractivity contribution in [3.05, 3.63) is 18.2 Å². The van der Waals surface area contributed by atoms with Crippen LogP contribution >= 0.6 is 0 Å². The van der Waals surface area contributed by atoms with Gasteiger partial charge in [-0.05, 0) is 32.7 Å². The smallest absolute Gasteiger partial charge is 0.0948 e.